The number of benzene rings is 1. The first-order chi connectivity index (χ1) is 8.47. The number of anilines is 1. The highest BCUT2D eigenvalue weighted by Crippen LogP contribution is 2.32. The van der Waals surface area contributed by atoms with Gasteiger partial charge in [0.2, 0.25) is 0 Å². The first kappa shape index (κ1) is 13.8. The molecule has 1 nitrogen and oxygen atoms in total. The summed E-state index contributed by atoms with van der Waals surface area (Å²) >= 11 is 10.4. The van der Waals surface area contributed by atoms with Crippen LogP contribution in [0.4, 0.5) is 14.5 Å². The van der Waals surface area contributed by atoms with Gasteiger partial charge in [0.15, 0.2) is 0 Å². The summed E-state index contributed by atoms with van der Waals surface area (Å²) < 4.78 is 27.6. The maximum atomic E-state index is 13.6. The predicted octanol–water partition coefficient (Wildman–Crippen LogP) is 5.62. The van der Waals surface area contributed by atoms with Crippen LogP contribution in [0.2, 0.25) is 4.34 Å². The highest BCUT2D eigenvalue weighted by atomic mass is 79.9. The molecule has 0 bridgehead atoms. The van der Waals surface area contributed by atoms with E-state index in [2.05, 4.69) is 21.2 Å². The summed E-state index contributed by atoms with van der Waals surface area (Å²) in [6, 6.07) is 3.77. The minimum atomic E-state index is -0.630. The minimum Gasteiger partial charge on any atom is -0.375 e. The van der Waals surface area contributed by atoms with Gasteiger partial charge in [-0.25, -0.2) is 8.78 Å². The summed E-state index contributed by atoms with van der Waals surface area (Å²) in [5.74, 6) is -1.24. The molecule has 0 spiro atoms. The van der Waals surface area contributed by atoms with Crippen molar-refractivity contribution in [1.29, 1.82) is 0 Å². The molecule has 1 atom stereocenters. The van der Waals surface area contributed by atoms with Gasteiger partial charge >= 0.3 is 0 Å². The maximum Gasteiger partial charge on any atom is 0.150 e. The average Bonchev–Trinajstić information content (AvgIpc) is 2.70. The quantitative estimate of drug-likeness (QED) is 0.756. The van der Waals surface area contributed by atoms with E-state index >= 15 is 0 Å². The van der Waals surface area contributed by atoms with Crippen LogP contribution in [0, 0.1) is 11.6 Å². The molecule has 0 aliphatic carbocycles. The largest absolute Gasteiger partial charge is 0.375 e. The first-order valence-corrected chi connectivity index (χ1v) is 7.17. The molecule has 18 heavy (non-hydrogen) atoms. The van der Waals surface area contributed by atoms with Crippen molar-refractivity contribution in [3.8, 4) is 0 Å². The van der Waals surface area contributed by atoms with Crippen LogP contribution in [0.15, 0.2) is 28.1 Å². The van der Waals surface area contributed by atoms with Crippen LogP contribution in [-0.4, -0.2) is 0 Å². The zero-order valence-corrected chi connectivity index (χ0v) is 12.5. The lowest BCUT2D eigenvalue weighted by Gasteiger charge is -2.16. The van der Waals surface area contributed by atoms with Gasteiger partial charge in [-0.15, -0.1) is 11.3 Å². The minimum absolute atomic E-state index is 0.120. The molecule has 0 fully saturated rings. The molecule has 0 saturated carbocycles. The Balaban J connectivity index is 2.24. The lowest BCUT2D eigenvalue weighted by atomic mass is 10.1. The summed E-state index contributed by atoms with van der Waals surface area (Å²) in [6.45, 7) is 1.88. The molecule has 0 amide bonds. The van der Waals surface area contributed by atoms with Crippen molar-refractivity contribution in [2.24, 2.45) is 0 Å². The van der Waals surface area contributed by atoms with Gasteiger partial charge in [-0.3, -0.25) is 0 Å². The number of thiophene rings is 1. The fraction of sp³-hybridized carbons (Fsp3) is 0.167. The summed E-state index contributed by atoms with van der Waals surface area (Å²) in [5, 5.41) is 4.89. The van der Waals surface area contributed by atoms with E-state index in [1.165, 1.54) is 17.4 Å². The predicted molar refractivity (Wildman–Crippen MR) is 75.4 cm³/mol. The van der Waals surface area contributed by atoms with E-state index < -0.39 is 11.6 Å². The van der Waals surface area contributed by atoms with Crippen LogP contribution in [0.5, 0.6) is 0 Å². The lowest BCUT2D eigenvalue weighted by molar-refractivity contribution is 0.582. The SMILES string of the molecule is CC(Nc1c(F)cc(F)cc1Br)c1csc(Cl)c1. The van der Waals surface area contributed by atoms with E-state index in [9.17, 15) is 8.78 Å². The van der Waals surface area contributed by atoms with Crippen LogP contribution in [0.3, 0.4) is 0 Å². The topological polar surface area (TPSA) is 12.0 Å². The Labute approximate surface area is 121 Å². The van der Waals surface area contributed by atoms with Crippen LogP contribution in [-0.2, 0) is 0 Å². The molecule has 1 aromatic carbocycles. The summed E-state index contributed by atoms with van der Waals surface area (Å²) in [7, 11) is 0. The Kier molecular flexibility index (Phi) is 4.25. The molecule has 2 rings (SSSR count). The molecule has 1 heterocycles. The standard InChI is InChI=1S/C12H9BrClF2NS/c1-6(7-2-11(14)18-5-7)17-12-9(13)3-8(15)4-10(12)16/h2-6,17H,1H3. The number of hydrogen-bond acceptors (Lipinski definition) is 2. The molecular formula is C12H9BrClF2NS. The second-order valence-corrected chi connectivity index (χ2v) is 6.19. The normalized spacial score (nSPS) is 12.5. The van der Waals surface area contributed by atoms with Gasteiger partial charge in [0, 0.05) is 16.6 Å². The zero-order chi connectivity index (χ0) is 13.3. The van der Waals surface area contributed by atoms with Crippen LogP contribution in [0.25, 0.3) is 0 Å². The first-order valence-electron chi connectivity index (χ1n) is 5.12. The second-order valence-electron chi connectivity index (χ2n) is 3.79. The van der Waals surface area contributed by atoms with Crippen LogP contribution < -0.4 is 5.32 Å². The van der Waals surface area contributed by atoms with Crippen LogP contribution >= 0.6 is 38.9 Å². The Morgan fingerprint density at radius 2 is 2.06 bits per heavy atom. The van der Waals surface area contributed by atoms with Crippen molar-refractivity contribution in [3.63, 3.8) is 0 Å². The lowest BCUT2D eigenvalue weighted by Crippen LogP contribution is -2.08. The molecule has 6 heteroatoms. The molecule has 0 saturated heterocycles. The monoisotopic (exact) mass is 351 g/mol. The van der Waals surface area contributed by atoms with Gasteiger partial charge in [0.25, 0.3) is 0 Å². The number of rotatable bonds is 3. The van der Waals surface area contributed by atoms with Crippen molar-refractivity contribution in [2.75, 3.05) is 5.32 Å². The van der Waals surface area contributed by atoms with E-state index in [0.29, 0.717) is 8.81 Å². The molecule has 0 radical (unpaired) electrons. The maximum absolute atomic E-state index is 13.6. The fourth-order valence-corrected chi connectivity index (χ4v) is 3.04. The summed E-state index contributed by atoms with van der Waals surface area (Å²) in [5.41, 5.74) is 1.20. The molecular weight excluding hydrogens is 344 g/mol. The highest BCUT2D eigenvalue weighted by molar-refractivity contribution is 9.10. The number of halogens is 4. The van der Waals surface area contributed by atoms with E-state index in [1.807, 2.05) is 18.4 Å². The van der Waals surface area contributed by atoms with Gasteiger partial charge in [-0.1, -0.05) is 11.6 Å². The Morgan fingerprint density at radius 1 is 1.33 bits per heavy atom. The highest BCUT2D eigenvalue weighted by Gasteiger charge is 2.14. The van der Waals surface area contributed by atoms with Crippen molar-refractivity contribution in [1.82, 2.24) is 0 Å². The molecule has 96 valence electrons. The third kappa shape index (κ3) is 3.02. The second kappa shape index (κ2) is 5.55. The Bertz CT molecular complexity index is 550. The molecule has 1 N–H and O–H groups in total. The van der Waals surface area contributed by atoms with Crippen molar-refractivity contribution in [3.05, 3.63) is 49.6 Å². The van der Waals surface area contributed by atoms with E-state index in [1.54, 1.807) is 0 Å². The third-order valence-corrected chi connectivity index (χ3v) is 4.19. The van der Waals surface area contributed by atoms with Crippen molar-refractivity contribution < 1.29 is 8.78 Å². The molecule has 0 aliphatic heterocycles. The van der Waals surface area contributed by atoms with E-state index in [4.69, 9.17) is 11.6 Å². The van der Waals surface area contributed by atoms with Crippen molar-refractivity contribution >= 4 is 44.6 Å². The van der Waals surface area contributed by atoms with Gasteiger partial charge in [-0.2, -0.15) is 0 Å². The molecule has 2 aromatic rings. The number of hydrogen-bond donors (Lipinski definition) is 1. The van der Waals surface area contributed by atoms with E-state index in [-0.39, 0.29) is 11.7 Å². The fourth-order valence-electron chi connectivity index (χ4n) is 1.53. The summed E-state index contributed by atoms with van der Waals surface area (Å²) in [6.07, 6.45) is 0. The van der Waals surface area contributed by atoms with Gasteiger partial charge in [-0.05, 0) is 45.9 Å². The van der Waals surface area contributed by atoms with E-state index in [0.717, 1.165) is 11.6 Å². The third-order valence-electron chi connectivity index (χ3n) is 2.46. The Morgan fingerprint density at radius 3 is 2.61 bits per heavy atom. The van der Waals surface area contributed by atoms with Crippen LogP contribution in [0.1, 0.15) is 18.5 Å². The Hall–Kier alpha value is -0.650. The van der Waals surface area contributed by atoms with Gasteiger partial charge in [0.05, 0.1) is 10.0 Å². The zero-order valence-electron chi connectivity index (χ0n) is 9.31. The average molecular weight is 353 g/mol. The smallest absolute Gasteiger partial charge is 0.150 e. The molecule has 1 aromatic heterocycles. The van der Waals surface area contributed by atoms with Gasteiger partial charge in [0.1, 0.15) is 11.6 Å². The van der Waals surface area contributed by atoms with Crippen molar-refractivity contribution in [2.45, 2.75) is 13.0 Å². The number of nitrogens with one attached hydrogen (secondary N) is 1. The van der Waals surface area contributed by atoms with Gasteiger partial charge < -0.3 is 5.32 Å². The summed E-state index contributed by atoms with van der Waals surface area (Å²) in [4.78, 5) is 0. The molecule has 0 aliphatic rings. The molecule has 1 unspecified atom stereocenters.